The molecule has 2 rings (SSSR count). The second-order valence-electron chi connectivity index (χ2n) is 5.38. The van der Waals surface area contributed by atoms with Crippen LogP contribution in [-0.2, 0) is 21.2 Å². The molecule has 0 atom stereocenters. The minimum atomic E-state index is -3.59. The molecule has 2 aromatic rings. The van der Waals surface area contributed by atoms with Gasteiger partial charge in [-0.3, -0.25) is 4.79 Å². The predicted molar refractivity (Wildman–Crippen MR) is 96.0 cm³/mol. The molecule has 0 unspecified atom stereocenters. The van der Waals surface area contributed by atoms with Gasteiger partial charge in [-0.05, 0) is 23.8 Å². The third-order valence-electron chi connectivity index (χ3n) is 3.52. The van der Waals surface area contributed by atoms with Crippen LogP contribution in [0.2, 0.25) is 10.0 Å². The van der Waals surface area contributed by atoms with Gasteiger partial charge in [-0.2, -0.15) is 0 Å². The first kappa shape index (κ1) is 18.8. The van der Waals surface area contributed by atoms with Crippen molar-refractivity contribution in [3.05, 3.63) is 64.1 Å². The van der Waals surface area contributed by atoms with Crippen LogP contribution in [0.5, 0.6) is 0 Å². The number of rotatable bonds is 6. The van der Waals surface area contributed by atoms with E-state index >= 15 is 0 Å². The van der Waals surface area contributed by atoms with E-state index in [2.05, 4.69) is 0 Å². The van der Waals surface area contributed by atoms with Crippen molar-refractivity contribution < 1.29 is 13.2 Å². The van der Waals surface area contributed by atoms with Crippen LogP contribution in [0.15, 0.2) is 53.4 Å². The number of hydrogen-bond donors (Lipinski definition) is 0. The van der Waals surface area contributed by atoms with Crippen molar-refractivity contribution in [2.45, 2.75) is 17.9 Å². The number of amides is 1. The zero-order valence-electron chi connectivity index (χ0n) is 13.1. The van der Waals surface area contributed by atoms with Crippen molar-refractivity contribution in [2.24, 2.45) is 0 Å². The molecule has 0 aliphatic rings. The molecule has 24 heavy (non-hydrogen) atoms. The van der Waals surface area contributed by atoms with Gasteiger partial charge in [-0.25, -0.2) is 8.42 Å². The zero-order chi connectivity index (χ0) is 17.7. The van der Waals surface area contributed by atoms with E-state index in [1.165, 1.54) is 23.1 Å². The lowest BCUT2D eigenvalue weighted by Crippen LogP contribution is -2.28. The molecule has 0 fully saturated rings. The zero-order valence-corrected chi connectivity index (χ0v) is 15.4. The lowest BCUT2D eigenvalue weighted by atomic mass is 10.2. The Balaban J connectivity index is 1.98. The summed E-state index contributed by atoms with van der Waals surface area (Å²) in [5.74, 6) is -0.509. The van der Waals surface area contributed by atoms with E-state index in [0.717, 1.165) is 5.56 Å². The van der Waals surface area contributed by atoms with Crippen LogP contribution in [-0.4, -0.2) is 32.0 Å². The molecular weight excluding hydrogens is 369 g/mol. The molecule has 2 aromatic carbocycles. The number of nitrogens with zero attached hydrogens (tertiary/aromatic N) is 1. The second kappa shape index (κ2) is 8.01. The summed E-state index contributed by atoms with van der Waals surface area (Å²) in [4.78, 5) is 13.7. The first-order valence-electron chi connectivity index (χ1n) is 7.25. The Bertz CT molecular complexity index is 823. The van der Waals surface area contributed by atoms with E-state index in [0.29, 0.717) is 6.54 Å². The van der Waals surface area contributed by atoms with E-state index in [1.807, 2.05) is 30.3 Å². The first-order valence-corrected chi connectivity index (χ1v) is 9.66. The minimum absolute atomic E-state index is 0.0652. The SMILES string of the molecule is CN(Cc1ccccc1)C(=O)CCS(=O)(=O)c1ccc(Cl)c(Cl)c1. The van der Waals surface area contributed by atoms with Crippen LogP contribution in [0.4, 0.5) is 0 Å². The highest BCUT2D eigenvalue weighted by molar-refractivity contribution is 7.91. The smallest absolute Gasteiger partial charge is 0.223 e. The van der Waals surface area contributed by atoms with Gasteiger partial charge in [0, 0.05) is 20.0 Å². The predicted octanol–water partition coefficient (Wildman–Crippen LogP) is 3.82. The Kier molecular flexibility index (Phi) is 6.27. The minimum Gasteiger partial charge on any atom is -0.341 e. The third-order valence-corrected chi connectivity index (χ3v) is 5.98. The number of carbonyl (C=O) groups is 1. The average molecular weight is 386 g/mol. The summed E-state index contributed by atoms with van der Waals surface area (Å²) in [6.45, 7) is 0.437. The van der Waals surface area contributed by atoms with E-state index in [9.17, 15) is 13.2 Å². The summed E-state index contributed by atoms with van der Waals surface area (Å²) >= 11 is 11.6. The molecule has 128 valence electrons. The maximum Gasteiger partial charge on any atom is 0.223 e. The average Bonchev–Trinajstić information content (AvgIpc) is 2.56. The maximum absolute atomic E-state index is 12.3. The molecule has 0 saturated carbocycles. The first-order chi connectivity index (χ1) is 11.3. The van der Waals surface area contributed by atoms with Gasteiger partial charge >= 0.3 is 0 Å². The van der Waals surface area contributed by atoms with E-state index in [1.54, 1.807) is 7.05 Å². The second-order valence-corrected chi connectivity index (χ2v) is 8.30. The Hall–Kier alpha value is -1.56. The van der Waals surface area contributed by atoms with Crippen LogP contribution in [0, 0.1) is 0 Å². The number of benzene rings is 2. The molecule has 0 bridgehead atoms. The summed E-state index contributed by atoms with van der Waals surface area (Å²) in [6.07, 6.45) is -0.0914. The quantitative estimate of drug-likeness (QED) is 0.759. The molecule has 0 aromatic heterocycles. The highest BCUT2D eigenvalue weighted by Gasteiger charge is 2.19. The fourth-order valence-corrected chi connectivity index (χ4v) is 3.76. The van der Waals surface area contributed by atoms with E-state index in [4.69, 9.17) is 23.2 Å². The van der Waals surface area contributed by atoms with Crippen LogP contribution in [0.1, 0.15) is 12.0 Å². The fourth-order valence-electron chi connectivity index (χ4n) is 2.15. The van der Waals surface area contributed by atoms with Crippen molar-refractivity contribution >= 4 is 38.9 Å². The molecule has 0 radical (unpaired) electrons. The molecule has 0 heterocycles. The Morgan fingerprint density at radius 2 is 1.71 bits per heavy atom. The molecule has 1 amide bonds. The van der Waals surface area contributed by atoms with Gasteiger partial charge in [0.1, 0.15) is 0 Å². The number of sulfone groups is 1. The molecule has 4 nitrogen and oxygen atoms in total. The lowest BCUT2D eigenvalue weighted by molar-refractivity contribution is -0.130. The number of halogens is 2. The molecule has 0 saturated heterocycles. The molecule has 0 spiro atoms. The largest absolute Gasteiger partial charge is 0.341 e. The Morgan fingerprint density at radius 1 is 1.04 bits per heavy atom. The van der Waals surface area contributed by atoms with Crippen molar-refractivity contribution in [3.8, 4) is 0 Å². The van der Waals surface area contributed by atoms with Gasteiger partial charge in [0.25, 0.3) is 0 Å². The monoisotopic (exact) mass is 385 g/mol. The van der Waals surface area contributed by atoms with Crippen molar-refractivity contribution in [2.75, 3.05) is 12.8 Å². The van der Waals surface area contributed by atoms with E-state index < -0.39 is 9.84 Å². The standard InChI is InChI=1S/C17H17Cl2NO3S/c1-20(12-13-5-3-2-4-6-13)17(21)9-10-24(22,23)14-7-8-15(18)16(19)11-14/h2-8,11H,9-10,12H2,1H3. The molecule has 0 N–H and O–H groups in total. The highest BCUT2D eigenvalue weighted by Crippen LogP contribution is 2.25. The van der Waals surface area contributed by atoms with Gasteiger partial charge in [0.15, 0.2) is 9.84 Å². The normalized spacial score (nSPS) is 11.3. The van der Waals surface area contributed by atoms with Gasteiger partial charge in [0.2, 0.25) is 5.91 Å². The summed E-state index contributed by atoms with van der Waals surface area (Å²) in [7, 11) is -1.94. The van der Waals surface area contributed by atoms with Crippen LogP contribution in [0.25, 0.3) is 0 Å². The topological polar surface area (TPSA) is 54.5 Å². The van der Waals surface area contributed by atoms with Gasteiger partial charge in [-0.1, -0.05) is 53.5 Å². The highest BCUT2D eigenvalue weighted by atomic mass is 35.5. The van der Waals surface area contributed by atoms with Crippen molar-refractivity contribution in [3.63, 3.8) is 0 Å². The maximum atomic E-state index is 12.3. The fraction of sp³-hybridized carbons (Fsp3) is 0.235. The molecule has 0 aliphatic heterocycles. The summed E-state index contributed by atoms with van der Waals surface area (Å²) in [5.41, 5.74) is 0.987. The third kappa shape index (κ3) is 4.97. The lowest BCUT2D eigenvalue weighted by Gasteiger charge is -2.17. The van der Waals surface area contributed by atoms with Crippen molar-refractivity contribution in [1.82, 2.24) is 4.90 Å². The number of carbonyl (C=O) groups excluding carboxylic acids is 1. The summed E-state index contributed by atoms with van der Waals surface area (Å²) in [5, 5.41) is 0.458. The van der Waals surface area contributed by atoms with Crippen LogP contribution in [0.3, 0.4) is 0 Å². The molecule has 7 heteroatoms. The Morgan fingerprint density at radius 3 is 2.33 bits per heavy atom. The number of hydrogen-bond acceptors (Lipinski definition) is 3. The molecular formula is C17H17Cl2NO3S. The van der Waals surface area contributed by atoms with Crippen LogP contribution >= 0.6 is 23.2 Å². The van der Waals surface area contributed by atoms with Gasteiger partial charge < -0.3 is 4.90 Å². The van der Waals surface area contributed by atoms with Gasteiger partial charge in [0.05, 0.1) is 20.7 Å². The Labute approximate surface area is 151 Å². The molecule has 0 aliphatic carbocycles. The summed E-state index contributed by atoms with van der Waals surface area (Å²) in [6, 6.07) is 13.6. The van der Waals surface area contributed by atoms with Crippen LogP contribution < -0.4 is 0 Å². The van der Waals surface area contributed by atoms with Crippen molar-refractivity contribution in [1.29, 1.82) is 0 Å². The van der Waals surface area contributed by atoms with Gasteiger partial charge in [-0.15, -0.1) is 0 Å². The summed E-state index contributed by atoms with van der Waals surface area (Å²) < 4.78 is 24.6. The van der Waals surface area contributed by atoms with E-state index in [-0.39, 0.29) is 33.0 Å².